The van der Waals surface area contributed by atoms with Gasteiger partial charge in [-0.2, -0.15) is 14.6 Å². The van der Waals surface area contributed by atoms with Crippen LogP contribution < -0.4 is 10.2 Å². The third kappa shape index (κ3) is 4.28. The third-order valence-electron chi connectivity index (χ3n) is 5.49. The van der Waals surface area contributed by atoms with Crippen molar-refractivity contribution in [3.8, 4) is 11.3 Å². The number of carbonyl (C=O) groups is 1. The largest absolute Gasteiger partial charge is 0.354 e. The Morgan fingerprint density at radius 1 is 1.00 bits per heavy atom. The van der Waals surface area contributed by atoms with Crippen molar-refractivity contribution < 1.29 is 9.18 Å². The molecule has 1 N–H and O–H groups in total. The number of piperazine rings is 1. The molecule has 0 radical (unpaired) electrons. The first-order valence-corrected chi connectivity index (χ1v) is 10.4. The summed E-state index contributed by atoms with van der Waals surface area (Å²) < 4.78 is 14.8. The molecular weight excluding hydrogens is 409 g/mol. The first-order valence-electron chi connectivity index (χ1n) is 10.4. The minimum absolute atomic E-state index is 0.112. The van der Waals surface area contributed by atoms with E-state index in [1.54, 1.807) is 16.6 Å². The Balaban J connectivity index is 1.26. The number of hydrogen-bond acceptors (Lipinski definition) is 6. The lowest BCUT2D eigenvalue weighted by atomic mass is 10.1. The predicted octanol–water partition coefficient (Wildman–Crippen LogP) is 2.69. The lowest BCUT2D eigenvalue weighted by molar-refractivity contribution is -0.117. The molecule has 9 heteroatoms. The topological polar surface area (TPSA) is 78.7 Å². The Labute approximate surface area is 184 Å². The number of benzene rings is 2. The van der Waals surface area contributed by atoms with Gasteiger partial charge in [0.1, 0.15) is 18.0 Å². The smallest absolute Gasteiger partial charge is 0.254 e. The summed E-state index contributed by atoms with van der Waals surface area (Å²) in [6.45, 7) is 3.25. The molecule has 0 spiro atoms. The molecule has 2 aromatic heterocycles. The van der Waals surface area contributed by atoms with E-state index in [2.05, 4.69) is 30.2 Å². The van der Waals surface area contributed by atoms with Crippen LogP contribution in [0.1, 0.15) is 0 Å². The Bertz CT molecular complexity index is 1220. The Hall–Kier alpha value is -3.85. The van der Waals surface area contributed by atoms with Crippen molar-refractivity contribution in [1.29, 1.82) is 0 Å². The maximum atomic E-state index is 13.0. The van der Waals surface area contributed by atoms with Gasteiger partial charge in [0.25, 0.3) is 5.78 Å². The summed E-state index contributed by atoms with van der Waals surface area (Å²) in [5, 5.41) is 7.16. The Morgan fingerprint density at radius 3 is 2.50 bits per heavy atom. The first-order chi connectivity index (χ1) is 15.7. The summed E-state index contributed by atoms with van der Waals surface area (Å²) >= 11 is 0. The van der Waals surface area contributed by atoms with E-state index in [4.69, 9.17) is 0 Å². The fourth-order valence-corrected chi connectivity index (χ4v) is 3.85. The van der Waals surface area contributed by atoms with Gasteiger partial charge in [-0.15, -0.1) is 0 Å². The SMILES string of the molecule is O=C(CN1CCN(c2cc(-c3ccccc3)nc3ncnn23)CC1)Nc1ccc(F)cc1. The highest BCUT2D eigenvalue weighted by atomic mass is 19.1. The van der Waals surface area contributed by atoms with Gasteiger partial charge >= 0.3 is 0 Å². The molecule has 3 heterocycles. The van der Waals surface area contributed by atoms with Crippen LogP contribution in [0.5, 0.6) is 0 Å². The zero-order chi connectivity index (χ0) is 21.9. The predicted molar refractivity (Wildman–Crippen MR) is 120 cm³/mol. The van der Waals surface area contributed by atoms with Crippen LogP contribution in [0, 0.1) is 5.82 Å². The number of fused-ring (bicyclic) bond motifs is 1. The van der Waals surface area contributed by atoms with E-state index >= 15 is 0 Å². The zero-order valence-corrected chi connectivity index (χ0v) is 17.4. The summed E-state index contributed by atoms with van der Waals surface area (Å²) in [5.41, 5.74) is 2.46. The van der Waals surface area contributed by atoms with E-state index < -0.39 is 0 Å². The van der Waals surface area contributed by atoms with Crippen LogP contribution in [-0.4, -0.2) is 63.1 Å². The average Bonchev–Trinajstić information content (AvgIpc) is 3.30. The summed E-state index contributed by atoms with van der Waals surface area (Å²) in [7, 11) is 0. The van der Waals surface area contributed by atoms with Crippen LogP contribution in [0.2, 0.25) is 0 Å². The second-order valence-electron chi connectivity index (χ2n) is 7.66. The minimum Gasteiger partial charge on any atom is -0.354 e. The van der Waals surface area contributed by atoms with Crippen LogP contribution in [0.15, 0.2) is 67.0 Å². The molecule has 0 saturated carbocycles. The molecule has 1 saturated heterocycles. The van der Waals surface area contributed by atoms with E-state index in [-0.39, 0.29) is 18.3 Å². The number of aromatic nitrogens is 4. The lowest BCUT2D eigenvalue weighted by Crippen LogP contribution is -2.49. The number of nitrogens with one attached hydrogen (secondary N) is 1. The van der Waals surface area contributed by atoms with Crippen molar-refractivity contribution in [3.63, 3.8) is 0 Å². The van der Waals surface area contributed by atoms with Gasteiger partial charge < -0.3 is 10.2 Å². The number of amides is 1. The zero-order valence-electron chi connectivity index (χ0n) is 17.4. The number of carbonyl (C=O) groups excluding carboxylic acids is 1. The van der Waals surface area contributed by atoms with E-state index in [1.165, 1.54) is 18.5 Å². The van der Waals surface area contributed by atoms with Crippen LogP contribution in [0.4, 0.5) is 15.9 Å². The van der Waals surface area contributed by atoms with Crippen molar-refractivity contribution >= 4 is 23.2 Å². The molecule has 0 unspecified atom stereocenters. The van der Waals surface area contributed by atoms with Crippen molar-refractivity contribution in [2.24, 2.45) is 0 Å². The Morgan fingerprint density at radius 2 is 1.75 bits per heavy atom. The van der Waals surface area contributed by atoms with Gasteiger partial charge in [-0.3, -0.25) is 9.69 Å². The standard InChI is InChI=1S/C23H22FN7O/c24-18-6-8-19(9-7-18)27-21(32)15-29-10-12-30(13-11-29)22-14-20(17-4-2-1-3-5-17)28-23-25-16-26-31(22)23/h1-9,14,16H,10-13,15H2,(H,27,32). The summed E-state index contributed by atoms with van der Waals surface area (Å²) in [6, 6.07) is 17.8. The number of hydrogen-bond donors (Lipinski definition) is 1. The summed E-state index contributed by atoms with van der Waals surface area (Å²) in [6.07, 6.45) is 1.51. The van der Waals surface area contributed by atoms with Crippen LogP contribution in [0.25, 0.3) is 17.0 Å². The molecule has 1 aliphatic heterocycles. The fourth-order valence-electron chi connectivity index (χ4n) is 3.85. The molecular formula is C23H22FN7O. The number of rotatable bonds is 5. The number of halogens is 1. The van der Waals surface area contributed by atoms with Crippen molar-refractivity contribution in [1.82, 2.24) is 24.5 Å². The molecule has 0 aliphatic carbocycles. The van der Waals surface area contributed by atoms with Gasteiger partial charge in [-0.05, 0) is 24.3 Å². The maximum Gasteiger partial charge on any atom is 0.254 e. The van der Waals surface area contributed by atoms with Gasteiger partial charge in [0, 0.05) is 43.5 Å². The van der Waals surface area contributed by atoms with Crippen LogP contribution in [-0.2, 0) is 4.79 Å². The van der Waals surface area contributed by atoms with Gasteiger partial charge in [0.2, 0.25) is 5.91 Å². The average molecular weight is 431 g/mol. The van der Waals surface area contributed by atoms with Crippen molar-refractivity contribution in [3.05, 3.63) is 72.8 Å². The monoisotopic (exact) mass is 431 g/mol. The second-order valence-corrected chi connectivity index (χ2v) is 7.66. The van der Waals surface area contributed by atoms with Gasteiger partial charge in [0.05, 0.1) is 12.2 Å². The lowest BCUT2D eigenvalue weighted by Gasteiger charge is -2.35. The molecule has 8 nitrogen and oxygen atoms in total. The van der Waals surface area contributed by atoms with Crippen molar-refractivity contribution in [2.45, 2.75) is 0 Å². The van der Waals surface area contributed by atoms with E-state index in [1.807, 2.05) is 36.4 Å². The maximum absolute atomic E-state index is 13.0. The number of anilines is 2. The molecule has 32 heavy (non-hydrogen) atoms. The van der Waals surface area contributed by atoms with E-state index in [0.29, 0.717) is 11.5 Å². The Kier molecular flexibility index (Phi) is 5.47. The second kappa shape index (κ2) is 8.72. The molecule has 0 bridgehead atoms. The number of nitrogens with zero attached hydrogens (tertiary/aromatic N) is 6. The van der Waals surface area contributed by atoms with Gasteiger partial charge in [0.15, 0.2) is 0 Å². The quantitative estimate of drug-likeness (QED) is 0.524. The summed E-state index contributed by atoms with van der Waals surface area (Å²) in [4.78, 5) is 25.6. The summed E-state index contributed by atoms with van der Waals surface area (Å²) in [5.74, 6) is 1.05. The third-order valence-corrected chi connectivity index (χ3v) is 5.49. The van der Waals surface area contributed by atoms with Crippen LogP contribution >= 0.6 is 0 Å². The normalized spacial score (nSPS) is 14.6. The van der Waals surface area contributed by atoms with Crippen molar-refractivity contribution in [2.75, 3.05) is 42.9 Å². The van der Waals surface area contributed by atoms with Gasteiger partial charge in [-0.1, -0.05) is 30.3 Å². The molecule has 2 aromatic carbocycles. The highest BCUT2D eigenvalue weighted by molar-refractivity contribution is 5.92. The molecule has 0 atom stereocenters. The minimum atomic E-state index is -0.327. The van der Waals surface area contributed by atoms with Crippen LogP contribution in [0.3, 0.4) is 0 Å². The van der Waals surface area contributed by atoms with Gasteiger partial charge in [-0.25, -0.2) is 9.37 Å². The molecule has 1 amide bonds. The molecule has 1 aliphatic rings. The molecule has 162 valence electrons. The highest BCUT2D eigenvalue weighted by Crippen LogP contribution is 2.24. The highest BCUT2D eigenvalue weighted by Gasteiger charge is 2.22. The first kappa shape index (κ1) is 20.1. The molecule has 5 rings (SSSR count). The molecule has 4 aromatic rings. The molecule has 1 fully saturated rings. The van der Waals surface area contributed by atoms with E-state index in [0.717, 1.165) is 43.3 Å². The van der Waals surface area contributed by atoms with E-state index in [9.17, 15) is 9.18 Å². The fraction of sp³-hybridized carbons (Fsp3) is 0.217.